The number of carbonyl (C=O) groups excluding carboxylic acids is 3. The van der Waals surface area contributed by atoms with Crippen LogP contribution in [0.1, 0.15) is 46.5 Å². The molecule has 1 saturated carbocycles. The molecule has 0 radical (unpaired) electrons. The molecule has 0 aromatic heterocycles. The van der Waals surface area contributed by atoms with Gasteiger partial charge in [-0.25, -0.2) is 4.79 Å². The number of carbonyl (C=O) groups is 3. The zero-order valence-electron chi connectivity index (χ0n) is 16.5. The summed E-state index contributed by atoms with van der Waals surface area (Å²) in [5.41, 5.74) is 0.278. The first-order chi connectivity index (χ1) is 13.2. The number of ether oxygens (including phenoxy) is 2. The van der Waals surface area contributed by atoms with E-state index in [1.807, 2.05) is 0 Å². The van der Waals surface area contributed by atoms with E-state index in [4.69, 9.17) is 9.47 Å². The first kappa shape index (κ1) is 20.0. The first-order valence-electron chi connectivity index (χ1n) is 9.58. The Labute approximate surface area is 164 Å². The molecule has 0 saturated heterocycles. The monoisotopic (exact) mass is 389 g/mol. The number of benzene rings is 1. The van der Waals surface area contributed by atoms with Crippen molar-refractivity contribution in [3.05, 3.63) is 18.2 Å². The molecule has 1 fully saturated rings. The lowest BCUT2D eigenvalue weighted by Gasteiger charge is -2.30. The third-order valence-corrected chi connectivity index (χ3v) is 4.57. The minimum Gasteiger partial charge on any atom is -0.482 e. The van der Waals surface area contributed by atoms with Crippen LogP contribution in [0.5, 0.6) is 5.75 Å². The molecule has 0 atom stereocenters. The molecule has 1 heterocycles. The Hall–Kier alpha value is -2.77. The fraction of sp³-hybridized carbons (Fsp3) is 0.550. The number of hydrogen-bond donors (Lipinski definition) is 2. The Morgan fingerprint density at radius 2 is 1.96 bits per heavy atom. The van der Waals surface area contributed by atoms with Gasteiger partial charge in [0.1, 0.15) is 17.9 Å². The summed E-state index contributed by atoms with van der Waals surface area (Å²) < 4.78 is 10.7. The largest absolute Gasteiger partial charge is 0.482 e. The number of rotatable bonds is 4. The number of nitrogens with one attached hydrogen (secondary N) is 2. The zero-order valence-corrected chi connectivity index (χ0v) is 16.5. The molecule has 1 aliphatic carbocycles. The van der Waals surface area contributed by atoms with Crippen molar-refractivity contribution < 1.29 is 23.9 Å². The standard InChI is InChI=1S/C20H27N3O5/c1-20(2,3)28-19(26)22-14-8-9-16-15(10-14)23(18(25)12-27-16)11-17(24)21-13-6-4-5-7-13/h8-10,13H,4-7,11-12H2,1-3H3,(H,21,24)(H,22,26). The average Bonchev–Trinajstić information content (AvgIpc) is 3.08. The van der Waals surface area contributed by atoms with E-state index < -0.39 is 11.7 Å². The summed E-state index contributed by atoms with van der Waals surface area (Å²) in [5, 5.41) is 5.63. The van der Waals surface area contributed by atoms with Crippen molar-refractivity contribution in [3.8, 4) is 5.75 Å². The van der Waals surface area contributed by atoms with Gasteiger partial charge in [0.05, 0.1) is 5.69 Å². The third-order valence-electron chi connectivity index (χ3n) is 4.57. The van der Waals surface area contributed by atoms with Gasteiger partial charge < -0.3 is 14.8 Å². The molecule has 8 heteroatoms. The van der Waals surface area contributed by atoms with Crippen molar-refractivity contribution in [2.45, 2.75) is 58.1 Å². The van der Waals surface area contributed by atoms with Crippen molar-refractivity contribution in [1.29, 1.82) is 0 Å². The van der Waals surface area contributed by atoms with E-state index in [0.717, 1.165) is 25.7 Å². The van der Waals surface area contributed by atoms with Gasteiger partial charge in [-0.2, -0.15) is 0 Å². The second kappa shape index (κ2) is 8.08. The van der Waals surface area contributed by atoms with Crippen molar-refractivity contribution in [3.63, 3.8) is 0 Å². The normalized spacial score (nSPS) is 17.0. The highest BCUT2D eigenvalue weighted by Gasteiger charge is 2.29. The van der Waals surface area contributed by atoms with Crippen molar-refractivity contribution in [2.24, 2.45) is 0 Å². The van der Waals surface area contributed by atoms with E-state index in [1.54, 1.807) is 39.0 Å². The maximum atomic E-state index is 12.4. The van der Waals surface area contributed by atoms with Gasteiger partial charge in [0.2, 0.25) is 5.91 Å². The van der Waals surface area contributed by atoms with Crippen LogP contribution in [0.3, 0.4) is 0 Å². The number of nitrogens with zero attached hydrogens (tertiary/aromatic N) is 1. The minimum atomic E-state index is -0.623. The summed E-state index contributed by atoms with van der Waals surface area (Å²) in [6.07, 6.45) is 3.58. The molecule has 0 bridgehead atoms. The molecule has 1 aromatic carbocycles. The second-order valence-corrected chi connectivity index (χ2v) is 8.13. The Kier molecular flexibility index (Phi) is 5.76. The van der Waals surface area contributed by atoms with E-state index >= 15 is 0 Å². The molecule has 1 aliphatic heterocycles. The fourth-order valence-corrected chi connectivity index (χ4v) is 3.36. The van der Waals surface area contributed by atoms with Gasteiger partial charge in [0.15, 0.2) is 6.61 Å². The molecular formula is C20H27N3O5. The molecule has 152 valence electrons. The average molecular weight is 389 g/mol. The van der Waals surface area contributed by atoms with E-state index in [1.165, 1.54) is 4.90 Å². The predicted octanol–water partition coefficient (Wildman–Crippen LogP) is 2.82. The van der Waals surface area contributed by atoms with Crippen LogP contribution in [0.4, 0.5) is 16.2 Å². The molecular weight excluding hydrogens is 362 g/mol. The maximum absolute atomic E-state index is 12.4. The van der Waals surface area contributed by atoms with Crippen LogP contribution in [0.25, 0.3) is 0 Å². The van der Waals surface area contributed by atoms with Crippen molar-refractivity contribution >= 4 is 29.3 Å². The van der Waals surface area contributed by atoms with E-state index in [-0.39, 0.29) is 31.0 Å². The summed E-state index contributed by atoms with van der Waals surface area (Å²) >= 11 is 0. The Balaban J connectivity index is 1.72. The molecule has 0 spiro atoms. The molecule has 1 aromatic rings. The van der Waals surface area contributed by atoms with E-state index in [0.29, 0.717) is 17.1 Å². The molecule has 0 unspecified atom stereocenters. The highest BCUT2D eigenvalue weighted by atomic mass is 16.6. The van der Waals surface area contributed by atoms with Gasteiger partial charge in [-0.05, 0) is 51.8 Å². The lowest BCUT2D eigenvalue weighted by Crippen LogP contribution is -2.46. The van der Waals surface area contributed by atoms with Gasteiger partial charge >= 0.3 is 6.09 Å². The molecule has 2 N–H and O–H groups in total. The van der Waals surface area contributed by atoms with Crippen LogP contribution in [0, 0.1) is 0 Å². The first-order valence-corrected chi connectivity index (χ1v) is 9.58. The number of anilines is 2. The van der Waals surface area contributed by atoms with Gasteiger partial charge in [-0.1, -0.05) is 12.8 Å². The second-order valence-electron chi connectivity index (χ2n) is 8.13. The van der Waals surface area contributed by atoms with Gasteiger partial charge in [0.25, 0.3) is 5.91 Å². The summed E-state index contributed by atoms with van der Waals surface area (Å²) in [7, 11) is 0. The summed E-state index contributed by atoms with van der Waals surface area (Å²) in [6, 6.07) is 5.12. The lowest BCUT2D eigenvalue weighted by molar-refractivity contribution is -0.125. The highest BCUT2D eigenvalue weighted by molar-refractivity contribution is 6.03. The predicted molar refractivity (Wildman–Crippen MR) is 105 cm³/mol. The van der Waals surface area contributed by atoms with Crippen LogP contribution in [0.2, 0.25) is 0 Å². The fourth-order valence-electron chi connectivity index (χ4n) is 3.36. The Morgan fingerprint density at radius 3 is 2.64 bits per heavy atom. The lowest BCUT2D eigenvalue weighted by atomic mass is 10.2. The minimum absolute atomic E-state index is 0.0818. The molecule has 3 rings (SSSR count). The van der Waals surface area contributed by atoms with E-state index in [2.05, 4.69) is 10.6 Å². The van der Waals surface area contributed by atoms with Crippen LogP contribution >= 0.6 is 0 Å². The number of fused-ring (bicyclic) bond motifs is 1. The van der Waals surface area contributed by atoms with Crippen LogP contribution < -0.4 is 20.3 Å². The van der Waals surface area contributed by atoms with Crippen LogP contribution in [-0.2, 0) is 14.3 Å². The van der Waals surface area contributed by atoms with E-state index in [9.17, 15) is 14.4 Å². The van der Waals surface area contributed by atoms with Gasteiger partial charge in [-0.3, -0.25) is 19.8 Å². The zero-order chi connectivity index (χ0) is 20.3. The smallest absolute Gasteiger partial charge is 0.412 e. The molecule has 3 amide bonds. The van der Waals surface area contributed by atoms with Crippen molar-refractivity contribution in [2.75, 3.05) is 23.4 Å². The summed E-state index contributed by atoms with van der Waals surface area (Å²) in [4.78, 5) is 38.2. The SMILES string of the molecule is CC(C)(C)OC(=O)Nc1ccc2c(c1)N(CC(=O)NC1CCCC1)C(=O)CO2. The Morgan fingerprint density at radius 1 is 1.25 bits per heavy atom. The third kappa shape index (κ3) is 5.15. The Bertz CT molecular complexity index is 766. The number of hydrogen-bond acceptors (Lipinski definition) is 5. The van der Waals surface area contributed by atoms with Gasteiger partial charge in [-0.15, -0.1) is 0 Å². The quantitative estimate of drug-likeness (QED) is 0.825. The highest BCUT2D eigenvalue weighted by Crippen LogP contribution is 2.34. The molecule has 8 nitrogen and oxygen atoms in total. The molecule has 28 heavy (non-hydrogen) atoms. The maximum Gasteiger partial charge on any atom is 0.412 e. The summed E-state index contributed by atoms with van der Waals surface area (Å²) in [6.45, 7) is 5.12. The van der Waals surface area contributed by atoms with Crippen LogP contribution in [-0.4, -0.2) is 42.7 Å². The topological polar surface area (TPSA) is 97.0 Å². The molecule has 2 aliphatic rings. The van der Waals surface area contributed by atoms with Gasteiger partial charge in [0, 0.05) is 11.7 Å². The summed E-state index contributed by atoms with van der Waals surface area (Å²) in [5.74, 6) is -0.00917. The van der Waals surface area contributed by atoms with Crippen LogP contribution in [0.15, 0.2) is 18.2 Å². The van der Waals surface area contributed by atoms with Crippen molar-refractivity contribution in [1.82, 2.24) is 5.32 Å². The number of amides is 3.